The number of alkyl halides is 4. The third-order valence-electron chi connectivity index (χ3n) is 5.35. The Kier molecular flexibility index (Phi) is 5.38. The molecule has 0 amide bonds. The Hall–Kier alpha value is -2.50. The Morgan fingerprint density at radius 3 is 1.21 bits per heavy atom. The zero-order valence-corrected chi connectivity index (χ0v) is 20.0. The molecule has 0 bridgehead atoms. The first kappa shape index (κ1) is 23.7. The van der Waals surface area contributed by atoms with Crippen LogP contribution in [-0.2, 0) is 0 Å². The SMILES string of the molecule is CC.Cc1c(-c2ccc(-c3sc4c(c3C)C(=O)C(F)(F)C4=O)s2)sc2c1C(=O)C(F)(F)C2=O. The molecule has 0 aliphatic heterocycles. The maximum atomic E-state index is 13.7. The molecule has 3 heterocycles. The summed E-state index contributed by atoms with van der Waals surface area (Å²) in [5.41, 5.74) is 0.0166. The van der Waals surface area contributed by atoms with Crippen molar-refractivity contribution < 1.29 is 36.7 Å². The van der Waals surface area contributed by atoms with Gasteiger partial charge in [-0.3, -0.25) is 19.2 Å². The third kappa shape index (κ3) is 2.98. The number of carbonyl (C=O) groups is 4. The van der Waals surface area contributed by atoms with Crippen LogP contribution in [0.2, 0.25) is 0 Å². The Labute approximate surface area is 196 Å². The van der Waals surface area contributed by atoms with E-state index in [0.29, 0.717) is 19.5 Å². The van der Waals surface area contributed by atoms with Crippen LogP contribution in [0.15, 0.2) is 12.1 Å². The molecule has 0 fully saturated rings. The van der Waals surface area contributed by atoms with Gasteiger partial charge in [-0.1, -0.05) is 13.8 Å². The van der Waals surface area contributed by atoms with E-state index in [4.69, 9.17) is 0 Å². The van der Waals surface area contributed by atoms with Crippen molar-refractivity contribution in [3.63, 3.8) is 0 Å². The van der Waals surface area contributed by atoms with Gasteiger partial charge in [0.15, 0.2) is 0 Å². The average Bonchev–Trinajstić information content (AvgIpc) is 3.53. The van der Waals surface area contributed by atoms with Crippen LogP contribution in [0.4, 0.5) is 17.6 Å². The number of hydrogen-bond acceptors (Lipinski definition) is 7. The van der Waals surface area contributed by atoms with Gasteiger partial charge in [-0.05, 0) is 37.1 Å². The maximum Gasteiger partial charge on any atom is 0.372 e. The minimum Gasteiger partial charge on any atom is -0.287 e. The Morgan fingerprint density at radius 1 is 0.576 bits per heavy atom. The van der Waals surface area contributed by atoms with Gasteiger partial charge in [0.05, 0.1) is 9.75 Å². The summed E-state index contributed by atoms with van der Waals surface area (Å²) in [6.45, 7) is 6.97. The topological polar surface area (TPSA) is 68.3 Å². The molecule has 172 valence electrons. The minimum absolute atomic E-state index is 0.269. The zero-order valence-electron chi connectivity index (χ0n) is 17.5. The van der Waals surface area contributed by atoms with Gasteiger partial charge in [0, 0.05) is 30.6 Å². The number of fused-ring (bicyclic) bond motifs is 2. The van der Waals surface area contributed by atoms with Gasteiger partial charge in [0.2, 0.25) is 11.6 Å². The van der Waals surface area contributed by atoms with Crippen LogP contribution in [0.3, 0.4) is 0 Å². The predicted octanol–water partition coefficient (Wildman–Crippen LogP) is 6.88. The summed E-state index contributed by atoms with van der Waals surface area (Å²) in [6, 6.07) is 3.31. The fourth-order valence-corrected chi connectivity index (χ4v) is 7.65. The lowest BCUT2D eigenvalue weighted by Crippen LogP contribution is -2.30. The quantitative estimate of drug-likeness (QED) is 0.276. The van der Waals surface area contributed by atoms with Gasteiger partial charge >= 0.3 is 11.8 Å². The van der Waals surface area contributed by atoms with Crippen molar-refractivity contribution >= 4 is 57.1 Å². The number of rotatable bonds is 2. The van der Waals surface area contributed by atoms with Crippen molar-refractivity contribution in [1.29, 1.82) is 0 Å². The van der Waals surface area contributed by atoms with Gasteiger partial charge in [-0.15, -0.1) is 34.0 Å². The molecule has 0 saturated carbocycles. The number of hydrogen-bond donors (Lipinski definition) is 0. The molecule has 3 aromatic heterocycles. The molecular formula is C22H14F4O4S3. The highest BCUT2D eigenvalue weighted by Gasteiger charge is 2.58. The van der Waals surface area contributed by atoms with Crippen LogP contribution in [0.25, 0.3) is 19.5 Å². The number of thiophene rings is 3. The van der Waals surface area contributed by atoms with Gasteiger partial charge in [-0.25, -0.2) is 0 Å². The van der Waals surface area contributed by atoms with E-state index in [-0.39, 0.29) is 32.0 Å². The van der Waals surface area contributed by atoms with E-state index < -0.39 is 35.0 Å². The van der Waals surface area contributed by atoms with Gasteiger partial charge in [0.1, 0.15) is 0 Å². The van der Waals surface area contributed by atoms with E-state index in [0.717, 1.165) is 22.7 Å². The van der Waals surface area contributed by atoms with E-state index in [2.05, 4.69) is 0 Å². The molecule has 0 unspecified atom stereocenters. The number of carbonyl (C=O) groups excluding carboxylic acids is 4. The lowest BCUT2D eigenvalue weighted by molar-refractivity contribution is 0.0187. The molecule has 0 aromatic carbocycles. The molecule has 0 spiro atoms. The van der Waals surface area contributed by atoms with Crippen molar-refractivity contribution in [2.24, 2.45) is 0 Å². The Morgan fingerprint density at radius 2 is 0.909 bits per heavy atom. The fraction of sp³-hybridized carbons (Fsp3) is 0.273. The first-order valence-electron chi connectivity index (χ1n) is 9.71. The molecule has 0 N–H and O–H groups in total. The van der Waals surface area contributed by atoms with Crippen molar-refractivity contribution in [1.82, 2.24) is 0 Å². The van der Waals surface area contributed by atoms with Crippen molar-refractivity contribution in [2.75, 3.05) is 0 Å². The van der Waals surface area contributed by atoms with Crippen LogP contribution in [0.1, 0.15) is 65.0 Å². The average molecular weight is 515 g/mol. The number of halogens is 4. The van der Waals surface area contributed by atoms with Crippen molar-refractivity contribution in [3.8, 4) is 19.5 Å². The molecule has 11 heteroatoms. The van der Waals surface area contributed by atoms with Crippen LogP contribution < -0.4 is 0 Å². The first-order valence-corrected chi connectivity index (χ1v) is 12.2. The summed E-state index contributed by atoms with van der Waals surface area (Å²) in [5.74, 6) is -14.1. The molecule has 33 heavy (non-hydrogen) atoms. The van der Waals surface area contributed by atoms with Crippen LogP contribution >= 0.6 is 34.0 Å². The summed E-state index contributed by atoms with van der Waals surface area (Å²) < 4.78 is 55.0. The normalized spacial score (nSPS) is 17.8. The highest BCUT2D eigenvalue weighted by atomic mass is 32.1. The molecule has 5 rings (SSSR count). The van der Waals surface area contributed by atoms with Crippen LogP contribution in [0, 0.1) is 13.8 Å². The molecule has 0 atom stereocenters. The second-order valence-corrected chi connectivity index (χ2v) is 10.3. The largest absolute Gasteiger partial charge is 0.372 e. The zero-order chi connectivity index (χ0) is 24.6. The van der Waals surface area contributed by atoms with E-state index in [9.17, 15) is 36.7 Å². The molecule has 0 saturated heterocycles. The monoisotopic (exact) mass is 514 g/mol. The first-order chi connectivity index (χ1) is 15.4. The summed E-state index contributed by atoms with van der Waals surface area (Å²) in [5, 5.41) is 0. The molecule has 2 aliphatic carbocycles. The summed E-state index contributed by atoms with van der Waals surface area (Å²) in [7, 11) is 0. The standard InChI is InChI=1S/C20H8F4O4S3.C2H6/c1-5-9-13(17(27)19(21,22)15(9)25)30-11(5)7-3-4-8(29-7)12-6(2)10-14(31-12)18(28)20(23,24)16(10)26;1-2/h3-4H,1-2H3;1-2H3. The Bertz CT molecular complexity index is 1290. The molecular weight excluding hydrogens is 500 g/mol. The highest BCUT2D eigenvalue weighted by molar-refractivity contribution is 7.27. The maximum absolute atomic E-state index is 13.7. The Balaban J connectivity index is 0.00000126. The van der Waals surface area contributed by atoms with Crippen LogP contribution in [-0.4, -0.2) is 35.0 Å². The van der Waals surface area contributed by atoms with Gasteiger partial charge in [0.25, 0.3) is 11.6 Å². The second kappa shape index (κ2) is 7.51. The van der Waals surface area contributed by atoms with Crippen LogP contribution in [0.5, 0.6) is 0 Å². The van der Waals surface area contributed by atoms with E-state index in [1.54, 1.807) is 12.1 Å². The highest BCUT2D eigenvalue weighted by Crippen LogP contribution is 2.50. The second-order valence-electron chi connectivity index (χ2n) is 7.15. The molecule has 2 aliphatic rings. The van der Waals surface area contributed by atoms with Gasteiger partial charge in [-0.2, -0.15) is 17.6 Å². The lowest BCUT2D eigenvalue weighted by atomic mass is 10.1. The summed E-state index contributed by atoms with van der Waals surface area (Å²) in [4.78, 5) is 49.4. The lowest BCUT2D eigenvalue weighted by Gasteiger charge is -2.05. The summed E-state index contributed by atoms with van der Waals surface area (Å²) in [6.07, 6.45) is 0. The third-order valence-corrected chi connectivity index (χ3v) is 9.38. The minimum atomic E-state index is -4.04. The predicted molar refractivity (Wildman–Crippen MR) is 119 cm³/mol. The van der Waals surface area contributed by atoms with E-state index >= 15 is 0 Å². The van der Waals surface area contributed by atoms with E-state index in [1.807, 2.05) is 13.8 Å². The summed E-state index contributed by atoms with van der Waals surface area (Å²) >= 11 is 2.80. The molecule has 4 nitrogen and oxygen atoms in total. The van der Waals surface area contributed by atoms with Crippen molar-refractivity contribution in [2.45, 2.75) is 39.5 Å². The van der Waals surface area contributed by atoms with E-state index in [1.165, 1.54) is 25.2 Å². The van der Waals surface area contributed by atoms with Gasteiger partial charge < -0.3 is 0 Å². The number of Topliss-reactive ketones (excluding diaryl/α,β-unsaturated/α-hetero) is 4. The van der Waals surface area contributed by atoms with Crippen molar-refractivity contribution in [3.05, 3.63) is 44.1 Å². The smallest absolute Gasteiger partial charge is 0.287 e. The number of ketones is 4. The molecule has 3 aromatic rings. The fourth-order valence-electron chi connectivity index (χ4n) is 3.75. The molecule has 0 radical (unpaired) electrons.